The number of esters is 1. The molecule has 0 spiro atoms. The van der Waals surface area contributed by atoms with Crippen molar-refractivity contribution in [2.24, 2.45) is 11.8 Å². The molecule has 0 N–H and O–H groups in total. The first-order chi connectivity index (χ1) is 18.3. The summed E-state index contributed by atoms with van der Waals surface area (Å²) in [6.45, 7) is 2.13. The van der Waals surface area contributed by atoms with Crippen LogP contribution in [0.2, 0.25) is 0 Å². The van der Waals surface area contributed by atoms with Gasteiger partial charge in [-0.1, -0.05) is 107 Å². The lowest BCUT2D eigenvalue weighted by Crippen LogP contribution is -2.56. The number of hydrogen-bond donors (Lipinski definition) is 0. The van der Waals surface area contributed by atoms with Crippen molar-refractivity contribution in [3.8, 4) is 5.75 Å². The zero-order valence-electron chi connectivity index (χ0n) is 21.0. The molecule has 2 atom stereocenters. The predicted octanol–water partition coefficient (Wildman–Crippen LogP) is 6.97. The number of rotatable bonds is 7. The molecule has 2 bridgehead atoms. The van der Waals surface area contributed by atoms with Crippen LogP contribution >= 0.6 is 31.9 Å². The number of unbranched alkanes of at least 4 members (excludes halogenated alkanes) is 3. The monoisotopic (exact) mass is 635 g/mol. The van der Waals surface area contributed by atoms with E-state index in [0.29, 0.717) is 17.9 Å². The van der Waals surface area contributed by atoms with E-state index in [1.807, 2.05) is 48.5 Å². The van der Waals surface area contributed by atoms with Gasteiger partial charge in [0.25, 0.3) is 0 Å². The minimum atomic E-state index is -0.824. The van der Waals surface area contributed by atoms with Crippen molar-refractivity contribution in [2.75, 3.05) is 4.90 Å². The van der Waals surface area contributed by atoms with E-state index in [1.165, 1.54) is 4.90 Å². The molecule has 4 aliphatic rings. The first kappa shape index (κ1) is 25.5. The van der Waals surface area contributed by atoms with Crippen LogP contribution in [0.15, 0.2) is 72.8 Å². The van der Waals surface area contributed by atoms with Crippen LogP contribution in [0.25, 0.3) is 0 Å². The Morgan fingerprint density at radius 1 is 0.763 bits per heavy atom. The molecule has 0 saturated carbocycles. The summed E-state index contributed by atoms with van der Waals surface area (Å²) in [5, 5.41) is 0. The zero-order chi connectivity index (χ0) is 26.7. The molecule has 0 unspecified atom stereocenters. The third-order valence-electron chi connectivity index (χ3n) is 8.15. The summed E-state index contributed by atoms with van der Waals surface area (Å²) in [5.41, 5.74) is 4.47. The molecule has 5 nitrogen and oxygen atoms in total. The van der Waals surface area contributed by atoms with Gasteiger partial charge in [-0.15, -0.1) is 0 Å². The number of anilines is 1. The summed E-state index contributed by atoms with van der Waals surface area (Å²) in [7, 11) is 0. The highest BCUT2D eigenvalue weighted by molar-refractivity contribution is 9.10. The highest BCUT2D eigenvalue weighted by Crippen LogP contribution is 2.70. The fourth-order valence-corrected chi connectivity index (χ4v) is 8.77. The Morgan fingerprint density at radius 3 is 1.68 bits per heavy atom. The summed E-state index contributed by atoms with van der Waals surface area (Å²) < 4.78 is 3.83. The highest BCUT2D eigenvalue weighted by atomic mass is 79.9. The molecular weight excluding hydrogens is 610 g/mol. The number of amides is 2. The summed E-state index contributed by atoms with van der Waals surface area (Å²) in [5.74, 6) is -1.61. The topological polar surface area (TPSA) is 63.7 Å². The molecule has 7 heteroatoms. The van der Waals surface area contributed by atoms with Crippen LogP contribution in [0.5, 0.6) is 5.75 Å². The molecule has 3 aliphatic carbocycles. The lowest BCUT2D eigenvalue weighted by Gasteiger charge is -2.55. The Hall–Kier alpha value is -2.77. The average Bonchev–Trinajstić information content (AvgIpc) is 3.21. The molecule has 3 aromatic carbocycles. The van der Waals surface area contributed by atoms with Crippen molar-refractivity contribution >= 4 is 55.3 Å². The fraction of sp³-hybridized carbons (Fsp3) is 0.323. The summed E-state index contributed by atoms with van der Waals surface area (Å²) in [6.07, 6.45) is 4.39. The first-order valence-corrected chi connectivity index (χ1v) is 14.7. The van der Waals surface area contributed by atoms with Gasteiger partial charge in [0.15, 0.2) is 0 Å². The smallest absolute Gasteiger partial charge is 0.311 e. The number of benzene rings is 3. The largest absolute Gasteiger partial charge is 0.427 e. The van der Waals surface area contributed by atoms with Crippen molar-refractivity contribution < 1.29 is 19.1 Å². The molecule has 0 aromatic heterocycles. The summed E-state index contributed by atoms with van der Waals surface area (Å²) in [6, 6.07) is 22.7. The van der Waals surface area contributed by atoms with Crippen LogP contribution in [-0.4, -0.2) is 17.8 Å². The Balaban J connectivity index is 1.33. The average molecular weight is 637 g/mol. The van der Waals surface area contributed by atoms with Gasteiger partial charge in [-0.2, -0.15) is 0 Å². The molecule has 1 saturated heterocycles. The summed E-state index contributed by atoms with van der Waals surface area (Å²) >= 11 is 8.04. The van der Waals surface area contributed by atoms with E-state index < -0.39 is 20.5 Å². The predicted molar refractivity (Wildman–Crippen MR) is 153 cm³/mol. The van der Waals surface area contributed by atoms with Gasteiger partial charge in [-0.25, -0.2) is 4.90 Å². The quantitative estimate of drug-likeness (QED) is 0.0924. The number of imide groups is 1. The Kier molecular flexibility index (Phi) is 6.35. The Bertz CT molecular complexity index is 1330. The molecular formula is C31H27Br2NO4. The van der Waals surface area contributed by atoms with Crippen LogP contribution < -0.4 is 9.64 Å². The first-order valence-electron chi connectivity index (χ1n) is 13.1. The molecule has 194 valence electrons. The molecule has 3 aromatic rings. The van der Waals surface area contributed by atoms with E-state index in [2.05, 4.69) is 38.8 Å². The lowest BCUT2D eigenvalue weighted by molar-refractivity contribution is -0.134. The van der Waals surface area contributed by atoms with Crippen molar-refractivity contribution in [1.82, 2.24) is 0 Å². The number of nitrogens with zero attached hydrogens (tertiary/aromatic N) is 1. The van der Waals surface area contributed by atoms with E-state index in [-0.39, 0.29) is 17.8 Å². The highest BCUT2D eigenvalue weighted by Gasteiger charge is 2.72. The van der Waals surface area contributed by atoms with Gasteiger partial charge in [0.05, 0.1) is 26.2 Å². The molecule has 1 fully saturated rings. The van der Waals surface area contributed by atoms with Crippen molar-refractivity contribution in [3.63, 3.8) is 0 Å². The van der Waals surface area contributed by atoms with Crippen LogP contribution in [0.4, 0.5) is 5.69 Å². The third-order valence-corrected chi connectivity index (χ3v) is 10.8. The minimum Gasteiger partial charge on any atom is -0.427 e. The second-order valence-electron chi connectivity index (χ2n) is 10.3. The number of hydrogen-bond acceptors (Lipinski definition) is 4. The molecule has 2 amide bonds. The lowest BCUT2D eigenvalue weighted by atomic mass is 9.54. The van der Waals surface area contributed by atoms with Crippen molar-refractivity contribution in [2.45, 2.75) is 47.7 Å². The van der Waals surface area contributed by atoms with E-state index in [4.69, 9.17) is 4.74 Å². The van der Waals surface area contributed by atoms with Crippen LogP contribution in [0, 0.1) is 11.8 Å². The minimum absolute atomic E-state index is 0.245. The van der Waals surface area contributed by atoms with E-state index in [1.54, 1.807) is 24.3 Å². The van der Waals surface area contributed by atoms with Gasteiger partial charge >= 0.3 is 5.97 Å². The van der Waals surface area contributed by atoms with Gasteiger partial charge in [0.2, 0.25) is 11.8 Å². The number of ether oxygens (including phenoxy) is 1. The fourth-order valence-electron chi connectivity index (χ4n) is 6.46. The molecule has 7 rings (SSSR count). The Morgan fingerprint density at radius 2 is 1.24 bits per heavy atom. The maximum atomic E-state index is 14.1. The van der Waals surface area contributed by atoms with Crippen LogP contribution in [-0.2, 0) is 23.0 Å². The van der Waals surface area contributed by atoms with Gasteiger partial charge in [0, 0.05) is 6.42 Å². The maximum Gasteiger partial charge on any atom is 0.311 e. The molecule has 38 heavy (non-hydrogen) atoms. The normalized spacial score (nSPS) is 26.7. The molecule has 0 radical (unpaired) electrons. The van der Waals surface area contributed by atoms with Crippen molar-refractivity contribution in [1.29, 1.82) is 0 Å². The summed E-state index contributed by atoms with van der Waals surface area (Å²) in [4.78, 5) is 41.7. The van der Waals surface area contributed by atoms with Crippen LogP contribution in [0.1, 0.15) is 61.3 Å². The number of carbonyl (C=O) groups excluding carboxylic acids is 3. The second kappa shape index (κ2) is 9.45. The van der Waals surface area contributed by atoms with Gasteiger partial charge in [0.1, 0.15) is 5.75 Å². The van der Waals surface area contributed by atoms with Gasteiger partial charge < -0.3 is 4.74 Å². The Labute approximate surface area is 238 Å². The number of carbonyl (C=O) groups is 3. The zero-order valence-corrected chi connectivity index (χ0v) is 24.1. The molecule has 1 heterocycles. The second-order valence-corrected chi connectivity index (χ2v) is 12.8. The molecule has 1 aliphatic heterocycles. The van der Waals surface area contributed by atoms with Crippen molar-refractivity contribution in [3.05, 3.63) is 95.1 Å². The standard InChI is InChI=1S/C31H27Br2NO4/c1-2-3-4-5-14-25(35)38-20-17-15-19(16-18-20)34-28(36)26-27(29(34)37)31(33)22-11-7-6-10-21(22)30(26,32)23-12-8-9-13-24(23)31/h6-13,15-18,26-27H,2-5,14H2,1H3/t26-,27+,30?,31?. The van der Waals surface area contributed by atoms with Crippen LogP contribution in [0.3, 0.4) is 0 Å². The van der Waals surface area contributed by atoms with Gasteiger partial charge in [-0.05, 0) is 52.9 Å². The maximum absolute atomic E-state index is 14.1. The number of halogens is 2. The third kappa shape index (κ3) is 3.51. The SMILES string of the molecule is CCCCCCC(=O)Oc1ccc(N2C(=O)[C@@H]3[C@H](C2=O)C2(Br)c4ccccc4C3(Br)c3ccccc32)cc1. The van der Waals surface area contributed by atoms with Gasteiger partial charge in [-0.3, -0.25) is 14.4 Å². The van der Waals surface area contributed by atoms with E-state index in [9.17, 15) is 14.4 Å². The van der Waals surface area contributed by atoms with E-state index in [0.717, 1.165) is 47.9 Å². The number of alkyl halides is 2. The van der Waals surface area contributed by atoms with E-state index >= 15 is 0 Å².